The summed E-state index contributed by atoms with van der Waals surface area (Å²) >= 11 is 0. The Kier molecular flexibility index (Phi) is 7.30. The smallest absolute Gasteiger partial charge is 0.258 e. The second-order valence-electron chi connectivity index (χ2n) is 8.79. The van der Waals surface area contributed by atoms with Gasteiger partial charge in [-0.1, -0.05) is 42.5 Å². The molecule has 0 aliphatic heterocycles. The standard InChI is InChI=1S/C26H34N4O2/c1-2-27-25(29-19-26(15-16-26)21-6-4-3-5-7-21)28-17-14-20-8-12-23(13-9-20)32-18-24(31)30-22-10-11-22/h3-9,12-13,22H,2,10-11,14-19H2,1H3,(H,30,31)(H2,27,28,29). The molecule has 2 aromatic rings. The van der Waals surface area contributed by atoms with E-state index in [1.165, 1.54) is 24.0 Å². The number of guanidine groups is 1. The third kappa shape index (κ3) is 6.49. The zero-order valence-electron chi connectivity index (χ0n) is 18.9. The fourth-order valence-electron chi connectivity index (χ4n) is 3.78. The van der Waals surface area contributed by atoms with E-state index in [0.29, 0.717) is 6.04 Å². The van der Waals surface area contributed by atoms with Crippen LogP contribution in [0.15, 0.2) is 59.6 Å². The molecule has 0 aromatic heterocycles. The lowest BCUT2D eigenvalue weighted by atomic mass is 9.96. The minimum Gasteiger partial charge on any atom is -0.484 e. The molecule has 6 nitrogen and oxygen atoms in total. The lowest BCUT2D eigenvalue weighted by molar-refractivity contribution is -0.123. The first kappa shape index (κ1) is 22.2. The summed E-state index contributed by atoms with van der Waals surface area (Å²) in [5.41, 5.74) is 2.83. The highest BCUT2D eigenvalue weighted by atomic mass is 16.5. The maximum Gasteiger partial charge on any atom is 0.258 e. The van der Waals surface area contributed by atoms with Crippen LogP contribution in [0.1, 0.15) is 43.7 Å². The Labute approximate surface area is 190 Å². The van der Waals surface area contributed by atoms with Gasteiger partial charge < -0.3 is 20.7 Å². The van der Waals surface area contributed by atoms with Crippen LogP contribution in [0.3, 0.4) is 0 Å². The first-order chi connectivity index (χ1) is 15.7. The van der Waals surface area contributed by atoms with Gasteiger partial charge in [-0.15, -0.1) is 0 Å². The second-order valence-corrected chi connectivity index (χ2v) is 8.79. The number of hydrogen-bond donors (Lipinski definition) is 3. The molecule has 0 atom stereocenters. The Hall–Kier alpha value is -3.02. The predicted molar refractivity (Wildman–Crippen MR) is 128 cm³/mol. The van der Waals surface area contributed by atoms with Crippen LogP contribution >= 0.6 is 0 Å². The first-order valence-corrected chi connectivity index (χ1v) is 11.8. The van der Waals surface area contributed by atoms with Crippen molar-refractivity contribution in [1.29, 1.82) is 0 Å². The molecule has 32 heavy (non-hydrogen) atoms. The molecule has 0 heterocycles. The number of aliphatic imine (C=N–C) groups is 1. The van der Waals surface area contributed by atoms with E-state index >= 15 is 0 Å². The Morgan fingerprint density at radius 1 is 1.06 bits per heavy atom. The van der Waals surface area contributed by atoms with Crippen LogP contribution in [-0.2, 0) is 16.6 Å². The molecule has 0 bridgehead atoms. The largest absolute Gasteiger partial charge is 0.484 e. The van der Waals surface area contributed by atoms with Gasteiger partial charge in [0.05, 0.1) is 6.54 Å². The Bertz CT molecular complexity index is 903. The average Bonchev–Trinajstić information content (AvgIpc) is 3.74. The topological polar surface area (TPSA) is 74.8 Å². The maximum absolute atomic E-state index is 11.7. The summed E-state index contributed by atoms with van der Waals surface area (Å²) in [5.74, 6) is 1.55. The van der Waals surface area contributed by atoms with Crippen LogP contribution < -0.4 is 20.7 Å². The van der Waals surface area contributed by atoms with Crippen LogP contribution in [0.25, 0.3) is 0 Å². The van der Waals surface area contributed by atoms with Crippen molar-refractivity contribution in [2.24, 2.45) is 4.99 Å². The van der Waals surface area contributed by atoms with Crippen molar-refractivity contribution in [3.8, 4) is 5.75 Å². The lowest BCUT2D eigenvalue weighted by Gasteiger charge is -2.16. The fraction of sp³-hybridized carbons (Fsp3) is 0.462. The van der Waals surface area contributed by atoms with Gasteiger partial charge in [-0.05, 0) is 62.3 Å². The molecule has 0 spiro atoms. The van der Waals surface area contributed by atoms with Crippen molar-refractivity contribution in [1.82, 2.24) is 16.0 Å². The van der Waals surface area contributed by atoms with Crippen molar-refractivity contribution in [3.63, 3.8) is 0 Å². The van der Waals surface area contributed by atoms with E-state index in [1.54, 1.807) is 0 Å². The third-order valence-electron chi connectivity index (χ3n) is 6.07. The molecule has 4 rings (SSSR count). The Morgan fingerprint density at radius 2 is 1.81 bits per heavy atom. The molecule has 0 unspecified atom stereocenters. The molecule has 170 valence electrons. The molecule has 0 saturated heterocycles. The Morgan fingerprint density at radius 3 is 2.47 bits per heavy atom. The molecule has 3 N–H and O–H groups in total. The van der Waals surface area contributed by atoms with Crippen LogP contribution in [0.5, 0.6) is 5.75 Å². The summed E-state index contributed by atoms with van der Waals surface area (Å²) < 4.78 is 5.58. The molecule has 2 aliphatic rings. The van der Waals surface area contributed by atoms with Crippen molar-refractivity contribution in [3.05, 3.63) is 65.7 Å². The van der Waals surface area contributed by atoms with E-state index < -0.39 is 0 Å². The third-order valence-corrected chi connectivity index (χ3v) is 6.07. The van der Waals surface area contributed by atoms with Gasteiger partial charge >= 0.3 is 0 Å². The number of nitrogens with one attached hydrogen (secondary N) is 3. The number of ether oxygens (including phenoxy) is 1. The van der Waals surface area contributed by atoms with Crippen molar-refractivity contribution in [2.75, 3.05) is 26.2 Å². The van der Waals surface area contributed by atoms with Crippen LogP contribution in [0, 0.1) is 0 Å². The van der Waals surface area contributed by atoms with E-state index in [-0.39, 0.29) is 17.9 Å². The summed E-state index contributed by atoms with van der Waals surface area (Å²) in [6.07, 6.45) is 5.47. The highest BCUT2D eigenvalue weighted by Gasteiger charge is 2.43. The van der Waals surface area contributed by atoms with E-state index in [4.69, 9.17) is 9.73 Å². The number of amides is 1. The molecule has 2 saturated carbocycles. The number of hydrogen-bond acceptors (Lipinski definition) is 3. The molecule has 2 aliphatic carbocycles. The average molecular weight is 435 g/mol. The molecule has 2 fully saturated rings. The SMILES string of the molecule is CCNC(=NCC1(c2ccccc2)CC1)NCCc1ccc(OCC(=O)NC2CC2)cc1. The zero-order valence-corrected chi connectivity index (χ0v) is 18.9. The minimum absolute atomic E-state index is 0.0451. The van der Waals surface area contributed by atoms with Crippen molar-refractivity contribution < 1.29 is 9.53 Å². The number of carbonyl (C=O) groups excluding carboxylic acids is 1. The van der Waals surface area contributed by atoms with Gasteiger partial charge in [0.1, 0.15) is 5.75 Å². The highest BCUT2D eigenvalue weighted by Crippen LogP contribution is 2.48. The van der Waals surface area contributed by atoms with Crippen LogP contribution in [0.4, 0.5) is 0 Å². The molecular formula is C26H34N4O2. The minimum atomic E-state index is -0.0451. The van der Waals surface area contributed by atoms with Crippen LogP contribution in [0.2, 0.25) is 0 Å². The van der Waals surface area contributed by atoms with Crippen molar-refractivity contribution in [2.45, 2.75) is 50.5 Å². The highest BCUT2D eigenvalue weighted by molar-refractivity contribution is 5.80. The summed E-state index contributed by atoms with van der Waals surface area (Å²) in [6, 6.07) is 19.0. The summed E-state index contributed by atoms with van der Waals surface area (Å²) in [7, 11) is 0. The van der Waals surface area contributed by atoms with Gasteiger partial charge in [0, 0.05) is 24.5 Å². The number of carbonyl (C=O) groups is 1. The van der Waals surface area contributed by atoms with E-state index in [9.17, 15) is 4.79 Å². The first-order valence-electron chi connectivity index (χ1n) is 11.8. The van der Waals surface area contributed by atoms with E-state index in [1.807, 2.05) is 12.1 Å². The monoisotopic (exact) mass is 434 g/mol. The molecule has 6 heteroatoms. The van der Waals surface area contributed by atoms with Crippen LogP contribution in [-0.4, -0.2) is 44.1 Å². The van der Waals surface area contributed by atoms with Gasteiger partial charge in [0.15, 0.2) is 12.6 Å². The molecule has 0 radical (unpaired) electrons. The molecule has 1 amide bonds. The normalized spacial score (nSPS) is 16.8. The lowest BCUT2D eigenvalue weighted by Crippen LogP contribution is -2.39. The van der Waals surface area contributed by atoms with E-state index in [0.717, 1.165) is 50.6 Å². The fourth-order valence-corrected chi connectivity index (χ4v) is 3.78. The van der Waals surface area contributed by atoms with E-state index in [2.05, 4.69) is 65.3 Å². The second kappa shape index (κ2) is 10.5. The van der Waals surface area contributed by atoms with Gasteiger partial charge in [0.25, 0.3) is 5.91 Å². The number of nitrogens with zero attached hydrogens (tertiary/aromatic N) is 1. The van der Waals surface area contributed by atoms with Gasteiger partial charge in [-0.25, -0.2) is 0 Å². The zero-order chi connectivity index (χ0) is 22.2. The molecular weight excluding hydrogens is 400 g/mol. The number of rotatable bonds is 11. The summed E-state index contributed by atoms with van der Waals surface area (Å²) in [6.45, 7) is 4.61. The molecule has 2 aromatic carbocycles. The summed E-state index contributed by atoms with van der Waals surface area (Å²) in [4.78, 5) is 16.6. The van der Waals surface area contributed by atoms with Gasteiger partial charge in [-0.2, -0.15) is 0 Å². The Balaban J connectivity index is 1.22. The van der Waals surface area contributed by atoms with Gasteiger partial charge in [0.2, 0.25) is 0 Å². The quantitative estimate of drug-likeness (QED) is 0.375. The summed E-state index contributed by atoms with van der Waals surface area (Å²) in [5, 5.41) is 9.74. The van der Waals surface area contributed by atoms with Crippen molar-refractivity contribution >= 4 is 11.9 Å². The van der Waals surface area contributed by atoms with Gasteiger partial charge in [-0.3, -0.25) is 9.79 Å². The number of benzene rings is 2. The maximum atomic E-state index is 11.7. The predicted octanol–water partition coefficient (Wildman–Crippen LogP) is 3.17.